The number of para-hydroxylation sites is 2. The molecule has 0 saturated heterocycles. The lowest BCUT2D eigenvalue weighted by Crippen LogP contribution is -2.45. The molecule has 1 aliphatic heterocycles. The fourth-order valence-electron chi connectivity index (χ4n) is 1.62. The zero-order valence-electron chi connectivity index (χ0n) is 8.69. The quantitative estimate of drug-likeness (QED) is 0.707. The first kappa shape index (κ1) is 9.83. The van der Waals surface area contributed by atoms with E-state index in [9.17, 15) is 4.79 Å². The van der Waals surface area contributed by atoms with Crippen molar-refractivity contribution in [1.29, 1.82) is 0 Å². The Morgan fingerprint density at radius 3 is 2.93 bits per heavy atom. The van der Waals surface area contributed by atoms with Gasteiger partial charge in [-0.15, -0.1) is 0 Å². The molecule has 0 fully saturated rings. The van der Waals surface area contributed by atoms with E-state index in [2.05, 4.69) is 10.1 Å². The fourth-order valence-corrected chi connectivity index (χ4v) is 1.62. The van der Waals surface area contributed by atoms with E-state index >= 15 is 0 Å². The summed E-state index contributed by atoms with van der Waals surface area (Å²) in [7, 11) is 1.36. The average molecular weight is 207 g/mol. The van der Waals surface area contributed by atoms with Crippen LogP contribution in [-0.4, -0.2) is 25.2 Å². The number of esters is 1. The number of carbonyl (C=O) groups excluding carboxylic acids is 1. The number of carbonyl (C=O) groups is 1. The molecule has 0 saturated carbocycles. The van der Waals surface area contributed by atoms with Gasteiger partial charge in [-0.05, 0) is 19.1 Å². The molecule has 80 valence electrons. The van der Waals surface area contributed by atoms with Gasteiger partial charge >= 0.3 is 5.97 Å². The standard InChI is InChI=1S/C11H13NO3/c1-7-10(11(13)14-2)15-9-6-4-3-5-8(9)12-7/h3-7,10,12H,1-2H3/t7-,10-/m0/s1. The van der Waals surface area contributed by atoms with Crippen molar-refractivity contribution in [3.05, 3.63) is 24.3 Å². The molecule has 2 rings (SSSR count). The number of nitrogens with one attached hydrogen (secondary N) is 1. The van der Waals surface area contributed by atoms with Crippen LogP contribution in [0.4, 0.5) is 5.69 Å². The average Bonchev–Trinajstić information content (AvgIpc) is 2.27. The molecular formula is C11H13NO3. The lowest BCUT2D eigenvalue weighted by atomic mass is 10.1. The second-order valence-electron chi connectivity index (χ2n) is 3.49. The number of ether oxygens (including phenoxy) is 2. The Hall–Kier alpha value is -1.71. The molecule has 4 nitrogen and oxygen atoms in total. The Labute approximate surface area is 88.2 Å². The maximum atomic E-state index is 11.4. The van der Waals surface area contributed by atoms with E-state index in [1.54, 1.807) is 0 Å². The van der Waals surface area contributed by atoms with Crippen molar-refractivity contribution in [2.24, 2.45) is 0 Å². The third-order valence-corrected chi connectivity index (χ3v) is 2.41. The minimum absolute atomic E-state index is 0.0904. The van der Waals surface area contributed by atoms with Gasteiger partial charge in [0, 0.05) is 0 Å². The first-order valence-electron chi connectivity index (χ1n) is 4.82. The number of fused-ring (bicyclic) bond motifs is 1. The van der Waals surface area contributed by atoms with Crippen molar-refractivity contribution in [2.45, 2.75) is 19.1 Å². The van der Waals surface area contributed by atoms with E-state index < -0.39 is 6.10 Å². The van der Waals surface area contributed by atoms with E-state index in [4.69, 9.17) is 4.74 Å². The van der Waals surface area contributed by atoms with Crippen LogP contribution >= 0.6 is 0 Å². The minimum atomic E-state index is -0.579. The summed E-state index contributed by atoms with van der Waals surface area (Å²) in [6, 6.07) is 7.43. The summed E-state index contributed by atoms with van der Waals surface area (Å²) < 4.78 is 10.2. The van der Waals surface area contributed by atoms with Crippen LogP contribution in [-0.2, 0) is 9.53 Å². The molecule has 1 heterocycles. The first-order valence-corrected chi connectivity index (χ1v) is 4.82. The summed E-state index contributed by atoms with van der Waals surface area (Å²) in [6.45, 7) is 1.89. The zero-order valence-corrected chi connectivity index (χ0v) is 8.69. The van der Waals surface area contributed by atoms with Crippen molar-refractivity contribution in [1.82, 2.24) is 0 Å². The summed E-state index contributed by atoms with van der Waals surface area (Å²) in [5.41, 5.74) is 0.908. The molecule has 1 N–H and O–H groups in total. The topological polar surface area (TPSA) is 47.6 Å². The van der Waals surface area contributed by atoms with Crippen molar-refractivity contribution >= 4 is 11.7 Å². The first-order chi connectivity index (χ1) is 7.22. The zero-order chi connectivity index (χ0) is 10.8. The van der Waals surface area contributed by atoms with Gasteiger partial charge in [-0.2, -0.15) is 0 Å². The van der Waals surface area contributed by atoms with Crippen molar-refractivity contribution in [2.75, 3.05) is 12.4 Å². The lowest BCUT2D eigenvalue weighted by Gasteiger charge is -2.30. The summed E-state index contributed by atoms with van der Waals surface area (Å²) in [5, 5.41) is 3.20. The van der Waals surface area contributed by atoms with Crippen molar-refractivity contribution < 1.29 is 14.3 Å². The van der Waals surface area contributed by atoms with Gasteiger partial charge in [0.1, 0.15) is 5.75 Å². The molecule has 0 bridgehead atoms. The highest BCUT2D eigenvalue weighted by Crippen LogP contribution is 2.30. The molecule has 15 heavy (non-hydrogen) atoms. The Kier molecular flexibility index (Phi) is 2.49. The van der Waals surface area contributed by atoms with E-state index in [-0.39, 0.29) is 12.0 Å². The lowest BCUT2D eigenvalue weighted by molar-refractivity contribution is -0.149. The highest BCUT2D eigenvalue weighted by Gasteiger charge is 2.32. The van der Waals surface area contributed by atoms with Gasteiger partial charge in [-0.3, -0.25) is 0 Å². The van der Waals surface area contributed by atoms with E-state index in [1.165, 1.54) is 7.11 Å². The van der Waals surface area contributed by atoms with Crippen LogP contribution < -0.4 is 10.1 Å². The molecule has 0 unspecified atom stereocenters. The van der Waals surface area contributed by atoms with Crippen LogP contribution in [0.15, 0.2) is 24.3 Å². The molecular weight excluding hydrogens is 194 g/mol. The van der Waals surface area contributed by atoms with Gasteiger partial charge in [0.25, 0.3) is 0 Å². The van der Waals surface area contributed by atoms with Crippen LogP contribution in [0.2, 0.25) is 0 Å². The number of hydrogen-bond donors (Lipinski definition) is 1. The van der Waals surface area contributed by atoms with Gasteiger partial charge in [0.2, 0.25) is 6.10 Å². The van der Waals surface area contributed by atoms with Crippen LogP contribution in [0.3, 0.4) is 0 Å². The normalized spacial score (nSPS) is 23.3. The molecule has 1 aromatic carbocycles. The number of hydrogen-bond acceptors (Lipinski definition) is 4. The molecule has 0 amide bonds. The van der Waals surface area contributed by atoms with Crippen LogP contribution in [0.1, 0.15) is 6.92 Å². The van der Waals surface area contributed by atoms with Crippen molar-refractivity contribution in [3.8, 4) is 5.75 Å². The largest absolute Gasteiger partial charge is 0.474 e. The smallest absolute Gasteiger partial charge is 0.349 e. The van der Waals surface area contributed by atoms with Gasteiger partial charge in [-0.1, -0.05) is 12.1 Å². The SMILES string of the molecule is COC(=O)[C@H]1Oc2ccccc2N[C@H]1C. The third kappa shape index (κ3) is 1.75. The molecule has 0 aromatic heterocycles. The Balaban J connectivity index is 2.25. The van der Waals surface area contributed by atoms with E-state index in [1.807, 2.05) is 31.2 Å². The number of benzene rings is 1. The van der Waals surface area contributed by atoms with E-state index in [0.717, 1.165) is 5.69 Å². The highest BCUT2D eigenvalue weighted by molar-refractivity contribution is 5.78. The molecule has 2 atom stereocenters. The Bertz CT molecular complexity index is 378. The van der Waals surface area contributed by atoms with Gasteiger partial charge in [-0.25, -0.2) is 4.79 Å². The highest BCUT2D eigenvalue weighted by atomic mass is 16.6. The minimum Gasteiger partial charge on any atom is -0.474 e. The summed E-state index contributed by atoms with van der Waals surface area (Å²) >= 11 is 0. The Morgan fingerprint density at radius 1 is 1.47 bits per heavy atom. The molecule has 1 aliphatic rings. The van der Waals surface area contributed by atoms with Crippen LogP contribution in [0.5, 0.6) is 5.75 Å². The Morgan fingerprint density at radius 2 is 2.20 bits per heavy atom. The summed E-state index contributed by atoms with van der Waals surface area (Å²) in [4.78, 5) is 11.4. The maximum absolute atomic E-state index is 11.4. The summed E-state index contributed by atoms with van der Waals surface area (Å²) in [5.74, 6) is 0.329. The van der Waals surface area contributed by atoms with Gasteiger partial charge < -0.3 is 14.8 Å². The van der Waals surface area contributed by atoms with Gasteiger partial charge in [0.15, 0.2) is 0 Å². The van der Waals surface area contributed by atoms with Crippen molar-refractivity contribution in [3.63, 3.8) is 0 Å². The number of methoxy groups -OCH3 is 1. The maximum Gasteiger partial charge on any atom is 0.349 e. The summed E-state index contributed by atoms with van der Waals surface area (Å²) in [6.07, 6.45) is -0.579. The van der Waals surface area contributed by atoms with Gasteiger partial charge in [0.05, 0.1) is 18.8 Å². The molecule has 0 radical (unpaired) electrons. The van der Waals surface area contributed by atoms with E-state index in [0.29, 0.717) is 5.75 Å². The van der Waals surface area contributed by atoms with Crippen LogP contribution in [0.25, 0.3) is 0 Å². The number of anilines is 1. The second-order valence-corrected chi connectivity index (χ2v) is 3.49. The third-order valence-electron chi connectivity index (χ3n) is 2.41. The fraction of sp³-hybridized carbons (Fsp3) is 0.364. The molecule has 0 spiro atoms. The monoisotopic (exact) mass is 207 g/mol. The second kappa shape index (κ2) is 3.81. The predicted octanol–water partition coefficient (Wildman–Crippen LogP) is 1.42. The van der Waals surface area contributed by atoms with Crippen LogP contribution in [0, 0.1) is 0 Å². The number of rotatable bonds is 1. The molecule has 0 aliphatic carbocycles. The molecule has 4 heteroatoms. The molecule has 1 aromatic rings. The predicted molar refractivity (Wildman–Crippen MR) is 56.0 cm³/mol.